The lowest BCUT2D eigenvalue weighted by Gasteiger charge is -2.12. The van der Waals surface area contributed by atoms with Crippen LogP contribution in [0.5, 0.6) is 0 Å². The molecule has 0 amide bonds. The molecule has 0 unspecified atom stereocenters. The number of aliphatic imine (C=N–C) groups is 1. The van der Waals surface area contributed by atoms with E-state index in [1.165, 1.54) is 11.1 Å². The van der Waals surface area contributed by atoms with E-state index < -0.39 is 10.0 Å². The second-order valence-electron chi connectivity index (χ2n) is 6.49. The van der Waals surface area contributed by atoms with Crippen LogP contribution >= 0.6 is 24.0 Å². The summed E-state index contributed by atoms with van der Waals surface area (Å²) >= 11 is 0. The van der Waals surface area contributed by atoms with Crippen LogP contribution in [0.25, 0.3) is 0 Å². The highest BCUT2D eigenvalue weighted by atomic mass is 127. The predicted octanol–water partition coefficient (Wildman–Crippen LogP) is 2.86. The number of aryl methyl sites for hydroxylation is 1. The topological polar surface area (TPSA) is 82.6 Å². The smallest absolute Gasteiger partial charge is 0.211 e. The second-order valence-corrected chi connectivity index (χ2v) is 8.58. The van der Waals surface area contributed by atoms with E-state index in [9.17, 15) is 8.42 Å². The molecule has 0 saturated carbocycles. The van der Waals surface area contributed by atoms with Crippen LogP contribution in [0.4, 0.5) is 0 Å². The average molecular weight is 510 g/mol. The number of hydrogen-bond donors (Lipinski definition) is 3. The Balaban J connectivity index is 0.00000676. The van der Waals surface area contributed by atoms with Crippen molar-refractivity contribution in [1.29, 1.82) is 0 Å². The zero-order valence-electron chi connectivity index (χ0n) is 16.9. The molecular weight excluding hydrogens is 475 g/mol. The summed E-state index contributed by atoms with van der Waals surface area (Å²) in [5.74, 6) is 1.38. The van der Waals surface area contributed by atoms with Crippen LogP contribution in [0.15, 0.2) is 29.3 Å². The minimum atomic E-state index is -3.14. The Kier molecular flexibility index (Phi) is 13.7. The van der Waals surface area contributed by atoms with Crippen LogP contribution in [0.3, 0.4) is 0 Å². The normalized spacial score (nSPS) is 12.0. The van der Waals surface area contributed by atoms with E-state index in [1.54, 1.807) is 6.92 Å². The van der Waals surface area contributed by atoms with Crippen molar-refractivity contribution in [2.45, 2.75) is 46.5 Å². The molecule has 0 aliphatic rings. The molecule has 0 aromatic heterocycles. The standard InChI is InChI=1S/C19H34N4O2S.HI/c1-5-20-19(22-14-15-23-26(24,25)6-2)21-13-7-8-17-9-11-18(12-10-17)16(3)4;/h9-12,16,23H,5-8,13-15H2,1-4H3,(H2,20,21,22);1H. The number of guanidine groups is 1. The summed E-state index contributed by atoms with van der Waals surface area (Å²) in [7, 11) is -3.14. The maximum absolute atomic E-state index is 11.4. The van der Waals surface area contributed by atoms with Crippen molar-refractivity contribution in [3.8, 4) is 0 Å². The van der Waals surface area contributed by atoms with Gasteiger partial charge < -0.3 is 10.6 Å². The lowest BCUT2D eigenvalue weighted by molar-refractivity contribution is 0.582. The number of benzene rings is 1. The Morgan fingerprint density at radius 3 is 2.30 bits per heavy atom. The van der Waals surface area contributed by atoms with Crippen molar-refractivity contribution in [3.05, 3.63) is 35.4 Å². The van der Waals surface area contributed by atoms with Crippen LogP contribution in [0.1, 0.15) is 51.2 Å². The molecule has 8 heteroatoms. The molecule has 0 radical (unpaired) electrons. The Labute approximate surface area is 182 Å². The molecule has 0 fully saturated rings. The number of hydrogen-bond acceptors (Lipinski definition) is 3. The Morgan fingerprint density at radius 2 is 1.74 bits per heavy atom. The van der Waals surface area contributed by atoms with Crippen LogP contribution in [-0.4, -0.2) is 46.3 Å². The molecule has 0 spiro atoms. The molecular formula is C19H35IN4O2S. The summed E-state index contributed by atoms with van der Waals surface area (Å²) in [4.78, 5) is 4.55. The van der Waals surface area contributed by atoms with Crippen molar-refractivity contribution >= 4 is 40.0 Å². The van der Waals surface area contributed by atoms with Gasteiger partial charge in [0.05, 0.1) is 5.75 Å². The zero-order valence-corrected chi connectivity index (χ0v) is 20.1. The highest BCUT2D eigenvalue weighted by Crippen LogP contribution is 2.15. The van der Waals surface area contributed by atoms with Gasteiger partial charge in [0, 0.05) is 26.2 Å². The van der Waals surface area contributed by atoms with Gasteiger partial charge in [-0.3, -0.25) is 4.99 Å². The second kappa shape index (κ2) is 14.2. The van der Waals surface area contributed by atoms with E-state index in [4.69, 9.17) is 0 Å². The lowest BCUT2D eigenvalue weighted by Crippen LogP contribution is -2.41. The van der Waals surface area contributed by atoms with Crippen molar-refractivity contribution in [2.75, 3.05) is 31.9 Å². The molecule has 1 aromatic carbocycles. The van der Waals surface area contributed by atoms with E-state index in [0.717, 1.165) is 31.9 Å². The summed E-state index contributed by atoms with van der Waals surface area (Å²) in [5.41, 5.74) is 2.70. The molecule has 0 heterocycles. The summed E-state index contributed by atoms with van der Waals surface area (Å²) in [5, 5.41) is 6.32. The number of sulfonamides is 1. The van der Waals surface area contributed by atoms with Gasteiger partial charge in [0.25, 0.3) is 0 Å². The Bertz CT molecular complexity index is 646. The molecule has 0 saturated heterocycles. The molecule has 156 valence electrons. The third kappa shape index (κ3) is 11.5. The third-order valence-corrected chi connectivity index (χ3v) is 5.41. The van der Waals surface area contributed by atoms with Crippen molar-refractivity contribution in [3.63, 3.8) is 0 Å². The fourth-order valence-corrected chi connectivity index (χ4v) is 2.99. The van der Waals surface area contributed by atoms with E-state index in [2.05, 4.69) is 58.5 Å². The Hall–Kier alpha value is -0.870. The summed E-state index contributed by atoms with van der Waals surface area (Å²) in [6.45, 7) is 10.4. The lowest BCUT2D eigenvalue weighted by atomic mass is 10.0. The van der Waals surface area contributed by atoms with Crippen molar-refractivity contribution < 1.29 is 8.42 Å². The van der Waals surface area contributed by atoms with Gasteiger partial charge in [-0.2, -0.15) is 0 Å². The third-order valence-electron chi connectivity index (χ3n) is 4.00. The fourth-order valence-electron chi connectivity index (χ4n) is 2.37. The van der Waals surface area contributed by atoms with Crippen molar-refractivity contribution in [2.24, 2.45) is 4.99 Å². The van der Waals surface area contributed by atoms with Gasteiger partial charge in [-0.05, 0) is 43.7 Å². The molecule has 0 aliphatic heterocycles. The van der Waals surface area contributed by atoms with Gasteiger partial charge in [0.2, 0.25) is 10.0 Å². The molecule has 6 nitrogen and oxygen atoms in total. The van der Waals surface area contributed by atoms with E-state index >= 15 is 0 Å². The maximum atomic E-state index is 11.4. The van der Waals surface area contributed by atoms with Gasteiger partial charge in [-0.15, -0.1) is 24.0 Å². The van der Waals surface area contributed by atoms with Gasteiger partial charge in [0.15, 0.2) is 5.96 Å². The molecule has 1 aromatic rings. The first-order valence-electron chi connectivity index (χ1n) is 9.46. The molecule has 27 heavy (non-hydrogen) atoms. The monoisotopic (exact) mass is 510 g/mol. The first kappa shape index (κ1) is 26.1. The minimum Gasteiger partial charge on any atom is -0.357 e. The highest BCUT2D eigenvalue weighted by Gasteiger charge is 2.05. The first-order chi connectivity index (χ1) is 12.4. The summed E-state index contributed by atoms with van der Waals surface area (Å²) < 4.78 is 25.3. The average Bonchev–Trinajstić information content (AvgIpc) is 2.62. The fraction of sp³-hybridized carbons (Fsp3) is 0.632. The molecule has 0 aliphatic carbocycles. The quantitative estimate of drug-likeness (QED) is 0.185. The number of halogens is 1. The summed E-state index contributed by atoms with van der Waals surface area (Å²) in [6, 6.07) is 8.79. The van der Waals surface area contributed by atoms with Gasteiger partial charge in [0.1, 0.15) is 0 Å². The molecule has 3 N–H and O–H groups in total. The molecule has 1 rings (SSSR count). The highest BCUT2D eigenvalue weighted by molar-refractivity contribution is 14.0. The first-order valence-corrected chi connectivity index (χ1v) is 11.1. The summed E-state index contributed by atoms with van der Waals surface area (Å²) in [6.07, 6.45) is 1.97. The van der Waals surface area contributed by atoms with E-state index in [1.807, 2.05) is 6.92 Å². The van der Waals surface area contributed by atoms with Crippen LogP contribution < -0.4 is 15.4 Å². The zero-order chi connectivity index (χ0) is 19.4. The van der Waals surface area contributed by atoms with Crippen LogP contribution in [0, 0.1) is 0 Å². The molecule has 0 bridgehead atoms. The Morgan fingerprint density at radius 1 is 1.07 bits per heavy atom. The van der Waals surface area contributed by atoms with Gasteiger partial charge >= 0.3 is 0 Å². The van der Waals surface area contributed by atoms with Gasteiger partial charge in [-0.1, -0.05) is 38.1 Å². The van der Waals surface area contributed by atoms with E-state index in [-0.39, 0.29) is 29.7 Å². The van der Waals surface area contributed by atoms with Crippen LogP contribution in [-0.2, 0) is 16.4 Å². The number of nitrogens with one attached hydrogen (secondary N) is 3. The SMILES string of the molecule is CCNC(=NCCCc1ccc(C(C)C)cc1)NCCNS(=O)(=O)CC.I. The van der Waals surface area contributed by atoms with Crippen LogP contribution in [0.2, 0.25) is 0 Å². The predicted molar refractivity (Wildman–Crippen MR) is 126 cm³/mol. The van der Waals surface area contributed by atoms with Gasteiger partial charge in [-0.25, -0.2) is 13.1 Å². The molecule has 0 atom stereocenters. The largest absolute Gasteiger partial charge is 0.357 e. The maximum Gasteiger partial charge on any atom is 0.211 e. The minimum absolute atomic E-state index is 0. The van der Waals surface area contributed by atoms with Crippen molar-refractivity contribution in [1.82, 2.24) is 15.4 Å². The number of nitrogens with zero attached hydrogens (tertiary/aromatic N) is 1. The number of rotatable bonds is 11. The van der Waals surface area contributed by atoms with E-state index in [0.29, 0.717) is 19.0 Å².